The first-order valence-corrected chi connectivity index (χ1v) is 12.8. The predicted octanol–water partition coefficient (Wildman–Crippen LogP) is 4.47. The Hall–Kier alpha value is -4.17. The summed E-state index contributed by atoms with van der Waals surface area (Å²) in [5.41, 5.74) is 4.03. The number of benzene rings is 3. The minimum absolute atomic E-state index is 0.0588. The van der Waals surface area contributed by atoms with E-state index in [9.17, 15) is 19.5 Å². The molecule has 1 N–H and O–H groups in total. The Morgan fingerprint density at radius 1 is 0.816 bits per heavy atom. The van der Waals surface area contributed by atoms with Crippen molar-refractivity contribution >= 4 is 23.4 Å². The lowest BCUT2D eigenvalue weighted by atomic mass is 10.1. The number of amides is 3. The number of rotatable bonds is 7. The van der Waals surface area contributed by atoms with E-state index in [2.05, 4.69) is 0 Å². The highest BCUT2D eigenvalue weighted by Crippen LogP contribution is 2.38. The lowest BCUT2D eigenvalue weighted by Gasteiger charge is -2.20. The molecule has 0 saturated heterocycles. The van der Waals surface area contributed by atoms with Gasteiger partial charge in [0.15, 0.2) is 11.5 Å². The molecule has 38 heavy (non-hydrogen) atoms. The van der Waals surface area contributed by atoms with Gasteiger partial charge in [-0.15, -0.1) is 0 Å². The van der Waals surface area contributed by atoms with Crippen LogP contribution in [-0.2, 0) is 19.7 Å². The zero-order chi connectivity index (χ0) is 26.4. The first-order chi connectivity index (χ1) is 18.5. The van der Waals surface area contributed by atoms with E-state index in [0.29, 0.717) is 45.9 Å². The molecular weight excluding hydrogens is 484 g/mol. The Morgan fingerprint density at radius 2 is 1.55 bits per heavy atom. The maximum Gasteiger partial charge on any atom is 0.261 e. The Labute approximate surface area is 220 Å². The molecular formula is C30H28N2O6. The summed E-state index contributed by atoms with van der Waals surface area (Å²) in [5, 5.41) is 9.39. The molecule has 3 aromatic carbocycles. The number of ether oxygens (including phenoxy) is 2. The van der Waals surface area contributed by atoms with Crippen LogP contribution in [0.3, 0.4) is 0 Å². The highest BCUT2D eigenvalue weighted by Gasteiger charge is 2.36. The van der Waals surface area contributed by atoms with Gasteiger partial charge in [0.25, 0.3) is 17.7 Å². The molecule has 0 bridgehead atoms. The normalized spacial score (nSPS) is 16.8. The van der Waals surface area contributed by atoms with Gasteiger partial charge in [0.2, 0.25) is 0 Å². The SMILES string of the molecule is COc1ccc(N2Cc3ccc(CN4C(=O)c5ccc(CO)cc5C4=O)cc3C2=O)cc1OC1CCCC1. The summed E-state index contributed by atoms with van der Waals surface area (Å²) in [7, 11) is 1.61. The van der Waals surface area contributed by atoms with Gasteiger partial charge >= 0.3 is 0 Å². The van der Waals surface area contributed by atoms with E-state index in [1.807, 2.05) is 30.3 Å². The van der Waals surface area contributed by atoms with Crippen LogP contribution >= 0.6 is 0 Å². The molecule has 2 heterocycles. The standard InChI is InChI=1S/C30H28N2O6/c1-37-26-11-9-21(14-27(26)38-22-4-2-3-5-22)31-16-20-8-6-18(12-24(20)29(31)35)15-32-28(34)23-10-7-19(17-33)13-25(23)30(32)36/h6-14,22,33H,2-5,15-17H2,1H3. The van der Waals surface area contributed by atoms with Gasteiger partial charge in [-0.3, -0.25) is 19.3 Å². The Balaban J connectivity index is 1.22. The summed E-state index contributed by atoms with van der Waals surface area (Å²) in [6.45, 7) is 0.268. The van der Waals surface area contributed by atoms with Crippen molar-refractivity contribution in [1.29, 1.82) is 0 Å². The van der Waals surface area contributed by atoms with Crippen LogP contribution in [0.1, 0.15) is 73.4 Å². The van der Waals surface area contributed by atoms with E-state index in [1.54, 1.807) is 36.3 Å². The lowest BCUT2D eigenvalue weighted by Crippen LogP contribution is -2.29. The van der Waals surface area contributed by atoms with Crippen molar-refractivity contribution < 1.29 is 29.0 Å². The number of imide groups is 1. The Bertz CT molecular complexity index is 1460. The maximum absolute atomic E-state index is 13.5. The molecule has 0 radical (unpaired) electrons. The van der Waals surface area contributed by atoms with Crippen molar-refractivity contribution in [2.45, 2.75) is 51.5 Å². The summed E-state index contributed by atoms with van der Waals surface area (Å²) >= 11 is 0. The van der Waals surface area contributed by atoms with Gasteiger partial charge in [0, 0.05) is 17.3 Å². The number of carbonyl (C=O) groups is 3. The third kappa shape index (κ3) is 4.11. The van der Waals surface area contributed by atoms with E-state index in [1.165, 1.54) is 4.90 Å². The number of carbonyl (C=O) groups excluding carboxylic acids is 3. The number of aliphatic hydroxyl groups excluding tert-OH is 1. The molecule has 8 heteroatoms. The van der Waals surface area contributed by atoms with Crippen LogP contribution < -0.4 is 14.4 Å². The summed E-state index contributed by atoms with van der Waals surface area (Å²) in [6.07, 6.45) is 4.49. The van der Waals surface area contributed by atoms with Crippen molar-refractivity contribution in [3.63, 3.8) is 0 Å². The summed E-state index contributed by atoms with van der Waals surface area (Å²) in [5.74, 6) is 0.349. The van der Waals surface area contributed by atoms with Crippen LogP contribution in [0, 0.1) is 0 Å². The molecule has 3 amide bonds. The van der Waals surface area contributed by atoms with Crippen molar-refractivity contribution in [1.82, 2.24) is 4.90 Å². The molecule has 3 aromatic rings. The van der Waals surface area contributed by atoms with Crippen LogP contribution in [0.15, 0.2) is 54.6 Å². The fourth-order valence-electron chi connectivity index (χ4n) is 5.53. The highest BCUT2D eigenvalue weighted by molar-refractivity contribution is 6.21. The van der Waals surface area contributed by atoms with Gasteiger partial charge in [0.1, 0.15) is 0 Å². The molecule has 3 aliphatic rings. The van der Waals surface area contributed by atoms with Crippen molar-refractivity contribution in [2.24, 2.45) is 0 Å². The van der Waals surface area contributed by atoms with Crippen LogP contribution in [0.4, 0.5) is 5.69 Å². The van der Waals surface area contributed by atoms with Crippen LogP contribution in [0.2, 0.25) is 0 Å². The number of aliphatic hydroxyl groups is 1. The smallest absolute Gasteiger partial charge is 0.261 e. The molecule has 0 atom stereocenters. The number of fused-ring (bicyclic) bond motifs is 2. The van der Waals surface area contributed by atoms with E-state index in [0.717, 1.165) is 36.9 Å². The summed E-state index contributed by atoms with van der Waals surface area (Å²) < 4.78 is 11.7. The van der Waals surface area contributed by atoms with Gasteiger partial charge in [-0.05, 0) is 72.7 Å². The highest BCUT2D eigenvalue weighted by atomic mass is 16.5. The zero-order valence-electron chi connectivity index (χ0n) is 21.1. The molecule has 8 nitrogen and oxygen atoms in total. The Kier molecular flexibility index (Phi) is 6.12. The van der Waals surface area contributed by atoms with Gasteiger partial charge in [-0.1, -0.05) is 18.2 Å². The average molecular weight is 513 g/mol. The third-order valence-corrected chi connectivity index (χ3v) is 7.59. The molecule has 1 fully saturated rings. The fourth-order valence-corrected chi connectivity index (χ4v) is 5.53. The van der Waals surface area contributed by atoms with Gasteiger partial charge in [-0.25, -0.2) is 0 Å². The second-order valence-electron chi connectivity index (χ2n) is 9.98. The minimum Gasteiger partial charge on any atom is -0.493 e. The lowest BCUT2D eigenvalue weighted by molar-refractivity contribution is 0.0642. The molecule has 0 spiro atoms. The van der Waals surface area contributed by atoms with Crippen molar-refractivity contribution in [2.75, 3.05) is 12.0 Å². The molecule has 194 valence electrons. The molecule has 1 saturated carbocycles. The van der Waals surface area contributed by atoms with Crippen LogP contribution in [-0.4, -0.2) is 40.9 Å². The summed E-state index contributed by atoms with van der Waals surface area (Å²) in [6, 6.07) is 15.8. The van der Waals surface area contributed by atoms with Gasteiger partial charge in [-0.2, -0.15) is 0 Å². The van der Waals surface area contributed by atoms with E-state index < -0.39 is 5.91 Å². The van der Waals surface area contributed by atoms with E-state index in [4.69, 9.17) is 9.47 Å². The average Bonchev–Trinajstić information content (AvgIpc) is 3.63. The second-order valence-corrected chi connectivity index (χ2v) is 9.98. The minimum atomic E-state index is -0.401. The first-order valence-electron chi connectivity index (χ1n) is 12.8. The maximum atomic E-state index is 13.5. The quantitative estimate of drug-likeness (QED) is 0.470. The number of nitrogens with zero attached hydrogens (tertiary/aromatic N) is 2. The zero-order valence-corrected chi connectivity index (χ0v) is 21.1. The molecule has 0 unspecified atom stereocenters. The fraction of sp³-hybridized carbons (Fsp3) is 0.300. The van der Waals surface area contributed by atoms with Gasteiger partial charge < -0.3 is 19.5 Å². The summed E-state index contributed by atoms with van der Waals surface area (Å²) in [4.78, 5) is 42.2. The van der Waals surface area contributed by atoms with Crippen molar-refractivity contribution in [3.05, 3.63) is 88.0 Å². The largest absolute Gasteiger partial charge is 0.493 e. The van der Waals surface area contributed by atoms with E-state index >= 15 is 0 Å². The van der Waals surface area contributed by atoms with E-state index in [-0.39, 0.29) is 31.1 Å². The topological polar surface area (TPSA) is 96.4 Å². The predicted molar refractivity (Wildman–Crippen MR) is 139 cm³/mol. The number of hydrogen-bond acceptors (Lipinski definition) is 6. The molecule has 2 aliphatic heterocycles. The number of anilines is 1. The van der Waals surface area contributed by atoms with Gasteiger partial charge in [0.05, 0.1) is 44.0 Å². The Morgan fingerprint density at radius 3 is 2.32 bits per heavy atom. The monoisotopic (exact) mass is 512 g/mol. The molecule has 0 aromatic heterocycles. The van der Waals surface area contributed by atoms with Crippen LogP contribution in [0.5, 0.6) is 11.5 Å². The molecule has 6 rings (SSSR count). The van der Waals surface area contributed by atoms with Crippen molar-refractivity contribution in [3.8, 4) is 11.5 Å². The first kappa shape index (κ1) is 24.2. The number of methoxy groups -OCH3 is 1. The molecule has 1 aliphatic carbocycles. The number of hydrogen-bond donors (Lipinski definition) is 1. The third-order valence-electron chi connectivity index (χ3n) is 7.59. The second kappa shape index (κ2) is 9.61. The van der Waals surface area contributed by atoms with Crippen LogP contribution in [0.25, 0.3) is 0 Å².